The van der Waals surface area contributed by atoms with Gasteiger partial charge in [0.2, 0.25) is 59.1 Å². The zero-order chi connectivity index (χ0) is 84.1. The number of rotatable bonds is 20. The summed E-state index contributed by atoms with van der Waals surface area (Å²) in [5.74, 6) is -22.4. The number of allylic oxidation sites excluding steroid dienone is 1. The number of ketones is 4. The number of cyclic esters (lactones) is 1. The number of aliphatic carboxylic acids is 1. The smallest absolute Gasteiger partial charge is 0.312 e. The zero-order valence-electron chi connectivity index (χ0n) is 67.3. The second kappa shape index (κ2) is 46.5. The first kappa shape index (κ1) is 94.7. The van der Waals surface area contributed by atoms with Gasteiger partial charge in [-0.2, -0.15) is 0 Å². The average Bonchev–Trinajstić information content (AvgIpc) is 1.75. The number of ether oxygens (including phenoxy) is 2. The lowest BCUT2D eigenvalue weighted by Crippen LogP contribution is -2.58. The van der Waals surface area contributed by atoms with E-state index in [1.165, 1.54) is 39.8 Å². The molecule has 32 heteroatoms. The molecule has 2 aromatic rings. The molecule has 3 heterocycles. The van der Waals surface area contributed by atoms with Gasteiger partial charge in [-0.3, -0.25) is 76.7 Å². The van der Waals surface area contributed by atoms with Gasteiger partial charge in [0.1, 0.15) is 48.4 Å². The third-order valence-corrected chi connectivity index (χ3v) is 24.0. The van der Waals surface area contributed by atoms with E-state index in [2.05, 4.69) is 49.1 Å². The quantitative estimate of drug-likeness (QED) is 0.0497. The largest absolute Gasteiger partial charge is 0.481 e. The van der Waals surface area contributed by atoms with Crippen LogP contribution in [-0.2, 0) is 99.0 Å². The van der Waals surface area contributed by atoms with Gasteiger partial charge in [-0.15, -0.1) is 0 Å². The number of nitrogens with one attached hydrogen (secondary N) is 8. The molecule has 3 aliphatic heterocycles. The lowest BCUT2D eigenvalue weighted by Gasteiger charge is -2.35. The minimum absolute atomic E-state index is 0.0263. The summed E-state index contributed by atoms with van der Waals surface area (Å²) in [7, 11) is 4.46. The van der Waals surface area contributed by atoms with Crippen molar-refractivity contribution in [3.63, 3.8) is 0 Å². The van der Waals surface area contributed by atoms with Crippen molar-refractivity contribution in [1.82, 2.24) is 52.3 Å². The SMILES string of the molecule is C=C1NC(=O)[C@H]([C@@H](C)CC)CC(=O)[C@@H]2CSSC[C@H](NC(=O)CCC(=O)O)C(=O)N[C@H](Cc3ccccc3)C(=O)N[C@H](C)C(=O)NC(C[C@@H](C)CC)C(=O)C[C@@H](C(=O)N[C@H](Cc3ccccc3)C(=O)N3CCC[C@H]3C(=O)N2)[C@@H](C)OC(=O)[C@H](CO)CC(=O)[C@H]([C@@H](C)OC)N(C)C(=O)C(C(C)C)NC(=O)[C@H](C[C@H](C)CC)CC1=O. The number of carboxylic acids is 1. The van der Waals surface area contributed by atoms with E-state index in [0.29, 0.717) is 30.4 Å². The Morgan fingerprint density at radius 1 is 0.628 bits per heavy atom. The average molecular weight is 1620 g/mol. The first-order valence-electron chi connectivity index (χ1n) is 39.2. The standard InChI is InChI=1S/C81H118N10O20S2/c1-15-45(6)33-54-37-64(93)48(9)82-74(102)56(47(8)17-3)39-66(95)61-42-112-113-43-62(84-68(97)30-31-69(98)99)77(105)86-59(35-52-25-20-18-21-26-52)76(104)83-49(10)72(100)85-58(34-46(7)16-2)65(94)40-57(75(103)87-60(36-53-27-22-19-23-28-53)79(107)91-32-24-29-63(91)78(106)88-61)50(11)111-81(109)55(41-92)38-67(96)71(51(12)110-14)90(13)80(108)70(44(4)5)89-73(54)101/h18-23,25-28,44-47,49-51,54-63,70-71,92H,9,15-17,24,29-43H2,1-8,10-14H3,(H,82,102)(H,83,104)(H,84,97)(H,85,100)(H,86,105)(H,87,103)(H,88,106)(H,89,101)(H,98,99)/t45-,46+,47+,49-,50-,51-,54-,55+,56+,57-,58?,59-,60-,61+,62+,63+,70?,71+/m1/s1. The Kier molecular flexibility index (Phi) is 39.0. The van der Waals surface area contributed by atoms with Crippen molar-refractivity contribution < 1.29 is 96.4 Å². The minimum Gasteiger partial charge on any atom is -0.481 e. The monoisotopic (exact) mass is 1610 g/mol. The lowest BCUT2D eigenvalue weighted by molar-refractivity contribution is -0.162. The van der Waals surface area contributed by atoms with Crippen LogP contribution < -0.4 is 42.5 Å². The Hall–Kier alpha value is -8.88. The number of hydrogen-bond acceptors (Lipinski definition) is 21. The molecule has 0 aromatic heterocycles. The van der Waals surface area contributed by atoms with Crippen molar-refractivity contribution in [1.29, 1.82) is 0 Å². The van der Waals surface area contributed by atoms with Crippen molar-refractivity contribution in [3.8, 4) is 0 Å². The Balaban J connectivity index is 1.80. The number of aliphatic hydroxyl groups is 1. The number of aliphatic hydroxyl groups excluding tert-OH is 1. The topological polar surface area (TPSA) is 435 Å². The maximum Gasteiger partial charge on any atom is 0.312 e. The molecule has 113 heavy (non-hydrogen) atoms. The number of hydrogen-bond donors (Lipinski definition) is 10. The van der Waals surface area contributed by atoms with Crippen molar-refractivity contribution in [2.45, 2.75) is 239 Å². The number of likely N-dealkylation sites (N-methyl/N-ethyl adjacent to an activating group) is 1. The molecular weight excluding hydrogens is 1500 g/mol. The van der Waals surface area contributed by atoms with Crippen LogP contribution in [-0.4, -0.2) is 220 Å². The summed E-state index contributed by atoms with van der Waals surface area (Å²) in [5, 5.41) is 42.2. The van der Waals surface area contributed by atoms with Gasteiger partial charge in [0.15, 0.2) is 23.1 Å². The summed E-state index contributed by atoms with van der Waals surface area (Å²) in [5.41, 5.74) is 0.629. The van der Waals surface area contributed by atoms with Crippen molar-refractivity contribution in [3.05, 3.63) is 84.1 Å². The van der Waals surface area contributed by atoms with Crippen LogP contribution in [0.5, 0.6) is 0 Å². The highest BCUT2D eigenvalue weighted by atomic mass is 33.1. The Morgan fingerprint density at radius 2 is 1.22 bits per heavy atom. The number of nitrogens with zero attached hydrogens (tertiary/aromatic N) is 2. The minimum atomic E-state index is -1.76. The van der Waals surface area contributed by atoms with E-state index in [-0.39, 0.29) is 68.4 Å². The molecule has 0 radical (unpaired) electrons. The molecule has 30 nitrogen and oxygen atoms in total. The molecule has 3 saturated heterocycles. The molecule has 3 aliphatic rings. The van der Waals surface area contributed by atoms with E-state index >= 15 is 24.0 Å². The third kappa shape index (κ3) is 28.9. The van der Waals surface area contributed by atoms with Gasteiger partial charge in [0.25, 0.3) is 0 Å². The van der Waals surface area contributed by atoms with Gasteiger partial charge in [0, 0.05) is 89.0 Å². The second-order valence-electron chi connectivity index (χ2n) is 30.6. The van der Waals surface area contributed by atoms with E-state index in [9.17, 15) is 63.0 Å². The van der Waals surface area contributed by atoms with Gasteiger partial charge in [-0.1, -0.05) is 163 Å². The van der Waals surface area contributed by atoms with Crippen LogP contribution in [0.2, 0.25) is 0 Å². The maximum absolute atomic E-state index is 15.6. The fraction of sp³-hybridized carbons (Fsp3) is 0.630. The summed E-state index contributed by atoms with van der Waals surface area (Å²) < 4.78 is 11.7. The predicted octanol–water partition coefficient (Wildman–Crippen LogP) is 4.44. The Bertz CT molecular complexity index is 3680. The maximum atomic E-state index is 15.6. The lowest BCUT2D eigenvalue weighted by atomic mass is 9.85. The zero-order valence-corrected chi connectivity index (χ0v) is 69.0. The molecule has 0 saturated carbocycles. The molecule has 2 bridgehead atoms. The summed E-state index contributed by atoms with van der Waals surface area (Å²) in [4.78, 5) is 237. The number of Topliss-reactive ketones (excluding diaryl/α,β-unsaturated/α-hetero) is 4. The number of methoxy groups -OCH3 is 1. The molecule has 624 valence electrons. The molecule has 0 spiro atoms. The number of benzene rings is 2. The highest BCUT2D eigenvalue weighted by Crippen LogP contribution is 2.30. The molecule has 5 rings (SSSR count). The van der Waals surface area contributed by atoms with E-state index in [4.69, 9.17) is 9.47 Å². The molecule has 10 N–H and O–H groups in total. The molecule has 2 aromatic carbocycles. The molecule has 18 atom stereocenters. The first-order chi connectivity index (χ1) is 53.5. The molecule has 10 amide bonds. The Labute approximate surface area is 670 Å². The van der Waals surface area contributed by atoms with E-state index in [1.54, 1.807) is 95.3 Å². The third-order valence-electron chi connectivity index (χ3n) is 21.6. The molecule has 0 aliphatic carbocycles. The molecular formula is C81H118N10O20S2. The highest BCUT2D eigenvalue weighted by Gasteiger charge is 2.45. The summed E-state index contributed by atoms with van der Waals surface area (Å²) in [6.07, 6.45) is -5.41. The number of carbonyl (C=O) groups excluding carboxylic acids is 15. The van der Waals surface area contributed by atoms with Crippen molar-refractivity contribution >= 4 is 116 Å². The van der Waals surface area contributed by atoms with Gasteiger partial charge >= 0.3 is 11.9 Å². The number of carbonyl (C=O) groups is 16. The van der Waals surface area contributed by atoms with E-state index < -0.39 is 247 Å². The highest BCUT2D eigenvalue weighted by molar-refractivity contribution is 8.76. The number of amides is 10. The van der Waals surface area contributed by atoms with Crippen LogP contribution in [0.25, 0.3) is 0 Å². The van der Waals surface area contributed by atoms with Crippen LogP contribution in [0.4, 0.5) is 0 Å². The van der Waals surface area contributed by atoms with Gasteiger partial charge in [-0.05, 0) is 81.3 Å². The molecule has 2 unspecified atom stereocenters. The fourth-order valence-electron chi connectivity index (χ4n) is 13.7. The summed E-state index contributed by atoms with van der Waals surface area (Å²) in [6.45, 7) is 21.0. The second-order valence-corrected chi connectivity index (χ2v) is 33.2. The van der Waals surface area contributed by atoms with Gasteiger partial charge in [-0.25, -0.2) is 0 Å². The van der Waals surface area contributed by atoms with E-state index in [1.807, 2.05) is 20.8 Å². The van der Waals surface area contributed by atoms with Crippen LogP contribution >= 0.6 is 21.6 Å². The van der Waals surface area contributed by atoms with E-state index in [0.717, 1.165) is 26.5 Å². The molecule has 3 fully saturated rings. The van der Waals surface area contributed by atoms with Gasteiger partial charge < -0.3 is 72.0 Å². The number of esters is 1. The van der Waals surface area contributed by atoms with Crippen molar-refractivity contribution in [2.75, 3.05) is 38.8 Å². The first-order valence-corrected chi connectivity index (χ1v) is 41.6. The number of fused-ring (bicyclic) bond motifs is 6. The number of carboxylic acid groups (broad SMARTS) is 1. The van der Waals surface area contributed by atoms with Gasteiger partial charge in [0.05, 0.1) is 48.7 Å². The van der Waals surface area contributed by atoms with Crippen molar-refractivity contribution in [2.24, 2.45) is 47.3 Å². The normalized spacial score (nSPS) is 27.7. The predicted molar refractivity (Wildman–Crippen MR) is 424 cm³/mol. The Morgan fingerprint density at radius 3 is 1.81 bits per heavy atom. The summed E-state index contributed by atoms with van der Waals surface area (Å²) >= 11 is 0. The van der Waals surface area contributed by atoms with Crippen LogP contribution in [0.3, 0.4) is 0 Å². The van der Waals surface area contributed by atoms with Crippen LogP contribution in [0.1, 0.15) is 171 Å². The summed E-state index contributed by atoms with van der Waals surface area (Å²) in [6, 6.07) is 3.74. The van der Waals surface area contributed by atoms with Crippen LogP contribution in [0.15, 0.2) is 72.9 Å². The van der Waals surface area contributed by atoms with Crippen LogP contribution in [0, 0.1) is 47.3 Å². The fourth-order valence-corrected chi connectivity index (χ4v) is 16.1.